The monoisotopic (exact) mass is 293 g/mol. The number of anilines is 1. The van der Waals surface area contributed by atoms with E-state index in [2.05, 4.69) is 10.3 Å². The summed E-state index contributed by atoms with van der Waals surface area (Å²) in [6.07, 6.45) is 1.55. The van der Waals surface area contributed by atoms with Crippen LogP contribution < -0.4 is 10.9 Å². The Morgan fingerprint density at radius 2 is 1.82 bits per heavy atom. The van der Waals surface area contributed by atoms with Gasteiger partial charge in [-0.3, -0.25) is 9.59 Å². The molecule has 22 heavy (non-hydrogen) atoms. The number of aryl methyl sites for hydroxylation is 2. The first kappa shape index (κ1) is 14.0. The maximum atomic E-state index is 12.5. The number of aromatic nitrogens is 2. The van der Waals surface area contributed by atoms with Crippen molar-refractivity contribution in [3.63, 3.8) is 0 Å². The smallest absolute Gasteiger partial charge is 0.258 e. The number of hydrogen-bond donors (Lipinski definition) is 1. The van der Waals surface area contributed by atoms with Gasteiger partial charge in [0.05, 0.1) is 5.56 Å². The number of benzene rings is 1. The van der Waals surface area contributed by atoms with E-state index in [-0.39, 0.29) is 11.5 Å². The van der Waals surface area contributed by atoms with Gasteiger partial charge in [0.15, 0.2) is 0 Å². The first-order valence-electron chi connectivity index (χ1n) is 6.89. The van der Waals surface area contributed by atoms with E-state index in [9.17, 15) is 9.59 Å². The molecule has 110 valence electrons. The standard InChI is InChI=1S/C17H15N3O2/c1-11-6-5-9-15(18-11)19-16(21)14-10-20(2)17(22)13-8-4-3-7-12(13)14/h3-10H,1-2H3,(H,18,19,21). The van der Waals surface area contributed by atoms with E-state index < -0.39 is 0 Å². The second kappa shape index (κ2) is 5.44. The van der Waals surface area contributed by atoms with Crippen LogP contribution in [0.5, 0.6) is 0 Å². The lowest BCUT2D eigenvalue weighted by atomic mass is 10.1. The van der Waals surface area contributed by atoms with Gasteiger partial charge in [-0.2, -0.15) is 0 Å². The van der Waals surface area contributed by atoms with Gasteiger partial charge < -0.3 is 9.88 Å². The highest BCUT2D eigenvalue weighted by Gasteiger charge is 2.14. The fraction of sp³-hybridized carbons (Fsp3) is 0.118. The van der Waals surface area contributed by atoms with Crippen molar-refractivity contribution in [1.82, 2.24) is 9.55 Å². The van der Waals surface area contributed by atoms with Crippen molar-refractivity contribution < 1.29 is 4.79 Å². The fourth-order valence-corrected chi connectivity index (χ4v) is 2.39. The molecule has 1 aromatic carbocycles. The van der Waals surface area contributed by atoms with Crippen LogP contribution in [0.4, 0.5) is 5.82 Å². The first-order chi connectivity index (χ1) is 10.6. The average molecular weight is 293 g/mol. The predicted molar refractivity (Wildman–Crippen MR) is 86.1 cm³/mol. The second-order valence-electron chi connectivity index (χ2n) is 5.12. The minimum atomic E-state index is -0.287. The highest BCUT2D eigenvalue weighted by atomic mass is 16.2. The number of fused-ring (bicyclic) bond motifs is 1. The van der Waals surface area contributed by atoms with Crippen molar-refractivity contribution in [3.8, 4) is 0 Å². The van der Waals surface area contributed by atoms with Gasteiger partial charge in [-0.05, 0) is 25.1 Å². The Morgan fingerprint density at radius 3 is 2.55 bits per heavy atom. The largest absolute Gasteiger partial charge is 0.317 e. The number of amides is 1. The SMILES string of the molecule is Cc1cccc(NC(=O)c2cn(C)c(=O)c3ccccc23)n1. The molecule has 0 saturated heterocycles. The highest BCUT2D eigenvalue weighted by molar-refractivity contribution is 6.12. The molecule has 0 atom stereocenters. The maximum Gasteiger partial charge on any atom is 0.258 e. The van der Waals surface area contributed by atoms with Crippen LogP contribution in [0.2, 0.25) is 0 Å². The van der Waals surface area contributed by atoms with Crippen molar-refractivity contribution in [3.05, 3.63) is 70.3 Å². The molecule has 0 spiro atoms. The molecule has 0 unspecified atom stereocenters. The molecule has 0 bridgehead atoms. The van der Waals surface area contributed by atoms with E-state index in [1.807, 2.05) is 25.1 Å². The summed E-state index contributed by atoms with van der Waals surface area (Å²) in [5.74, 6) is 0.202. The molecule has 0 saturated carbocycles. The topological polar surface area (TPSA) is 64.0 Å². The summed E-state index contributed by atoms with van der Waals surface area (Å²) in [5.41, 5.74) is 1.14. The van der Waals surface area contributed by atoms with Gasteiger partial charge in [-0.1, -0.05) is 24.3 Å². The number of rotatable bonds is 2. The summed E-state index contributed by atoms with van der Waals surface area (Å²) in [4.78, 5) is 28.9. The number of carbonyl (C=O) groups is 1. The number of carbonyl (C=O) groups excluding carboxylic acids is 1. The normalized spacial score (nSPS) is 10.6. The Morgan fingerprint density at radius 1 is 1.09 bits per heavy atom. The second-order valence-corrected chi connectivity index (χ2v) is 5.12. The summed E-state index contributed by atoms with van der Waals surface area (Å²) in [6.45, 7) is 1.86. The molecule has 0 aliphatic rings. The molecular weight excluding hydrogens is 278 g/mol. The quantitative estimate of drug-likeness (QED) is 0.789. The van der Waals surface area contributed by atoms with Crippen LogP contribution >= 0.6 is 0 Å². The van der Waals surface area contributed by atoms with E-state index in [0.717, 1.165) is 5.69 Å². The number of pyridine rings is 2. The molecule has 0 radical (unpaired) electrons. The van der Waals surface area contributed by atoms with Gasteiger partial charge in [0.2, 0.25) is 0 Å². The Bertz CT molecular complexity index is 929. The first-order valence-corrected chi connectivity index (χ1v) is 6.89. The van der Waals surface area contributed by atoms with E-state index in [0.29, 0.717) is 22.2 Å². The van der Waals surface area contributed by atoms with Gasteiger partial charge in [-0.25, -0.2) is 4.98 Å². The van der Waals surface area contributed by atoms with Crippen LogP contribution in [-0.2, 0) is 7.05 Å². The molecule has 0 aliphatic heterocycles. The third-order valence-corrected chi connectivity index (χ3v) is 3.47. The zero-order valence-corrected chi connectivity index (χ0v) is 12.3. The van der Waals surface area contributed by atoms with Crippen molar-refractivity contribution in [2.24, 2.45) is 7.05 Å². The summed E-state index contributed by atoms with van der Waals surface area (Å²) in [5, 5.41) is 3.93. The van der Waals surface area contributed by atoms with Crippen LogP contribution in [0.3, 0.4) is 0 Å². The number of nitrogens with one attached hydrogen (secondary N) is 1. The van der Waals surface area contributed by atoms with Crippen molar-refractivity contribution in [2.45, 2.75) is 6.92 Å². The summed E-state index contributed by atoms with van der Waals surface area (Å²) < 4.78 is 1.42. The van der Waals surface area contributed by atoms with Crippen molar-refractivity contribution >= 4 is 22.5 Å². The van der Waals surface area contributed by atoms with Crippen LogP contribution in [0.15, 0.2) is 53.5 Å². The maximum absolute atomic E-state index is 12.5. The minimum absolute atomic E-state index is 0.124. The molecule has 0 fully saturated rings. The predicted octanol–water partition coefficient (Wildman–Crippen LogP) is 2.49. The van der Waals surface area contributed by atoms with Crippen LogP contribution in [0, 0.1) is 6.92 Å². The molecule has 2 aromatic heterocycles. The van der Waals surface area contributed by atoms with E-state index in [4.69, 9.17) is 0 Å². The van der Waals surface area contributed by atoms with Crippen LogP contribution in [0.1, 0.15) is 16.1 Å². The Balaban J connectivity index is 2.08. The fourth-order valence-electron chi connectivity index (χ4n) is 2.39. The molecular formula is C17H15N3O2. The van der Waals surface area contributed by atoms with Crippen molar-refractivity contribution in [2.75, 3.05) is 5.32 Å². The van der Waals surface area contributed by atoms with Crippen molar-refractivity contribution in [1.29, 1.82) is 0 Å². The van der Waals surface area contributed by atoms with Gasteiger partial charge in [0.25, 0.3) is 11.5 Å². The van der Waals surface area contributed by atoms with Crippen LogP contribution in [0.25, 0.3) is 10.8 Å². The Labute approximate surface area is 127 Å². The lowest BCUT2D eigenvalue weighted by Crippen LogP contribution is -2.21. The molecule has 1 N–H and O–H groups in total. The number of nitrogens with zero attached hydrogens (tertiary/aromatic N) is 2. The van der Waals surface area contributed by atoms with E-state index in [1.165, 1.54) is 4.57 Å². The third-order valence-electron chi connectivity index (χ3n) is 3.47. The minimum Gasteiger partial charge on any atom is -0.317 e. The van der Waals surface area contributed by atoms with Gasteiger partial charge in [0.1, 0.15) is 5.82 Å². The zero-order chi connectivity index (χ0) is 15.7. The Hall–Kier alpha value is -2.95. The number of hydrogen-bond acceptors (Lipinski definition) is 3. The molecule has 3 aromatic rings. The van der Waals surface area contributed by atoms with Gasteiger partial charge in [0, 0.05) is 29.7 Å². The van der Waals surface area contributed by atoms with Crippen LogP contribution in [-0.4, -0.2) is 15.5 Å². The van der Waals surface area contributed by atoms with Gasteiger partial charge in [-0.15, -0.1) is 0 Å². The van der Waals surface area contributed by atoms with Gasteiger partial charge >= 0.3 is 0 Å². The summed E-state index contributed by atoms with van der Waals surface area (Å²) in [7, 11) is 1.64. The lowest BCUT2D eigenvalue weighted by molar-refractivity contribution is 0.102. The Kier molecular flexibility index (Phi) is 3.47. The molecule has 3 rings (SSSR count). The molecule has 5 heteroatoms. The molecule has 0 aliphatic carbocycles. The van der Waals surface area contributed by atoms with E-state index >= 15 is 0 Å². The van der Waals surface area contributed by atoms with E-state index in [1.54, 1.807) is 37.5 Å². The molecule has 1 amide bonds. The molecule has 2 heterocycles. The summed E-state index contributed by atoms with van der Waals surface area (Å²) >= 11 is 0. The molecule has 5 nitrogen and oxygen atoms in total. The highest BCUT2D eigenvalue weighted by Crippen LogP contribution is 2.16. The lowest BCUT2D eigenvalue weighted by Gasteiger charge is -2.10. The summed E-state index contributed by atoms with van der Waals surface area (Å²) in [6, 6.07) is 12.5. The zero-order valence-electron chi connectivity index (χ0n) is 12.3. The third kappa shape index (κ3) is 2.48. The average Bonchev–Trinajstić information content (AvgIpc) is 2.51.